The van der Waals surface area contributed by atoms with Crippen LogP contribution in [0.4, 0.5) is 0 Å². The van der Waals surface area contributed by atoms with Crippen LogP contribution in [0.2, 0.25) is 0 Å². The van der Waals surface area contributed by atoms with Gasteiger partial charge < -0.3 is 19.1 Å². The molecule has 3 unspecified atom stereocenters. The molecule has 1 aromatic heterocycles. The highest BCUT2D eigenvalue weighted by atomic mass is 16.5. The van der Waals surface area contributed by atoms with Crippen molar-refractivity contribution in [2.45, 2.75) is 58.2 Å². The first kappa shape index (κ1) is 22.4. The molecule has 1 aliphatic carbocycles. The van der Waals surface area contributed by atoms with E-state index in [1.807, 2.05) is 44.2 Å². The number of rotatable bonds is 7. The van der Waals surface area contributed by atoms with Crippen molar-refractivity contribution in [2.75, 3.05) is 13.2 Å². The van der Waals surface area contributed by atoms with E-state index in [0.717, 1.165) is 36.8 Å². The van der Waals surface area contributed by atoms with Gasteiger partial charge in [-0.3, -0.25) is 14.6 Å². The molecule has 1 saturated carbocycles. The number of hydrogen-bond acceptors (Lipinski definition) is 6. The lowest BCUT2D eigenvalue weighted by atomic mass is 9.77. The van der Waals surface area contributed by atoms with Crippen LogP contribution in [-0.4, -0.2) is 40.9 Å². The van der Waals surface area contributed by atoms with Gasteiger partial charge in [0.15, 0.2) is 23.0 Å². The second-order valence-corrected chi connectivity index (χ2v) is 8.92. The summed E-state index contributed by atoms with van der Waals surface area (Å²) in [6.45, 7) is 5.15. The minimum Gasteiger partial charge on any atom is -0.490 e. The van der Waals surface area contributed by atoms with Crippen molar-refractivity contribution in [2.24, 2.45) is 5.92 Å². The summed E-state index contributed by atoms with van der Waals surface area (Å²) in [4.78, 5) is 33.3. The fourth-order valence-corrected chi connectivity index (χ4v) is 5.33. The lowest BCUT2D eigenvalue weighted by Crippen LogP contribution is -2.39. The summed E-state index contributed by atoms with van der Waals surface area (Å²) in [6, 6.07) is 8.89. The predicted octanol–water partition coefficient (Wildman–Crippen LogP) is 4.37. The fourth-order valence-electron chi connectivity index (χ4n) is 5.33. The molecular weight excluding hydrogens is 432 g/mol. The van der Waals surface area contributed by atoms with Crippen molar-refractivity contribution in [3.8, 4) is 11.5 Å². The maximum atomic E-state index is 13.8. The molecule has 3 atom stereocenters. The molecule has 3 aliphatic rings. The smallest absolute Gasteiger partial charge is 0.290 e. The van der Waals surface area contributed by atoms with E-state index in [0.29, 0.717) is 36.8 Å². The van der Waals surface area contributed by atoms with Gasteiger partial charge in [0.2, 0.25) is 0 Å². The van der Waals surface area contributed by atoms with Crippen LogP contribution in [0.1, 0.15) is 56.7 Å². The van der Waals surface area contributed by atoms with Gasteiger partial charge in [-0.1, -0.05) is 18.6 Å². The monoisotopic (exact) mass is 462 g/mol. The third kappa shape index (κ3) is 3.93. The van der Waals surface area contributed by atoms with Crippen molar-refractivity contribution in [1.82, 2.24) is 9.88 Å². The quantitative estimate of drug-likeness (QED) is 0.608. The summed E-state index contributed by atoms with van der Waals surface area (Å²) in [6.07, 6.45) is 6.88. The Labute approximate surface area is 199 Å². The first-order valence-corrected chi connectivity index (χ1v) is 12.2. The lowest BCUT2D eigenvalue weighted by molar-refractivity contribution is -0.135. The van der Waals surface area contributed by atoms with Gasteiger partial charge in [-0.15, -0.1) is 0 Å². The number of nitrogens with zero attached hydrogens (tertiary/aromatic N) is 2. The van der Waals surface area contributed by atoms with Crippen LogP contribution in [0.5, 0.6) is 11.5 Å². The number of ether oxygens (including phenoxy) is 3. The second kappa shape index (κ2) is 9.49. The summed E-state index contributed by atoms with van der Waals surface area (Å²) in [5.74, 6) is 1.08. The van der Waals surface area contributed by atoms with E-state index in [1.165, 1.54) is 0 Å². The number of carbonyl (C=O) groups is 2. The third-order valence-electron chi connectivity index (χ3n) is 6.82. The third-order valence-corrected chi connectivity index (χ3v) is 6.82. The molecule has 3 heterocycles. The number of amides is 1. The zero-order valence-electron chi connectivity index (χ0n) is 19.7. The molecule has 1 fully saturated rings. The minimum atomic E-state index is -0.548. The van der Waals surface area contributed by atoms with Crippen molar-refractivity contribution in [1.29, 1.82) is 0 Å². The number of ketones is 1. The first-order chi connectivity index (χ1) is 16.6. The number of carbonyl (C=O) groups excluding carboxylic acids is 2. The van der Waals surface area contributed by atoms with E-state index in [9.17, 15) is 9.59 Å². The average Bonchev–Trinajstić information content (AvgIpc) is 3.13. The molecule has 1 amide bonds. The Bertz CT molecular complexity index is 1110. The molecule has 0 saturated heterocycles. The number of pyridine rings is 1. The molecule has 5 rings (SSSR count). The van der Waals surface area contributed by atoms with Crippen molar-refractivity contribution in [3.63, 3.8) is 0 Å². The maximum Gasteiger partial charge on any atom is 0.290 e. The van der Waals surface area contributed by atoms with Gasteiger partial charge >= 0.3 is 0 Å². The largest absolute Gasteiger partial charge is 0.490 e. The highest BCUT2D eigenvalue weighted by Crippen LogP contribution is 2.48. The second-order valence-electron chi connectivity index (χ2n) is 8.92. The molecule has 178 valence electrons. The summed E-state index contributed by atoms with van der Waals surface area (Å²) in [5.41, 5.74) is 2.17. The normalized spacial score (nSPS) is 23.9. The summed E-state index contributed by atoms with van der Waals surface area (Å²) < 4.78 is 17.8. The summed E-state index contributed by atoms with van der Waals surface area (Å²) in [5, 5.41) is 0. The molecule has 7 nitrogen and oxygen atoms in total. The molecule has 34 heavy (non-hydrogen) atoms. The number of benzene rings is 1. The zero-order chi connectivity index (χ0) is 23.7. The van der Waals surface area contributed by atoms with Gasteiger partial charge in [0.25, 0.3) is 5.91 Å². The van der Waals surface area contributed by atoms with Crippen LogP contribution in [0, 0.1) is 5.92 Å². The van der Waals surface area contributed by atoms with Crippen LogP contribution >= 0.6 is 0 Å². The van der Waals surface area contributed by atoms with Gasteiger partial charge in [0.05, 0.1) is 30.7 Å². The Balaban J connectivity index is 1.59. The zero-order valence-corrected chi connectivity index (χ0v) is 19.7. The van der Waals surface area contributed by atoms with E-state index in [-0.39, 0.29) is 29.5 Å². The van der Waals surface area contributed by atoms with E-state index in [4.69, 9.17) is 14.2 Å². The molecule has 2 aliphatic heterocycles. The Kier molecular flexibility index (Phi) is 6.26. The average molecular weight is 463 g/mol. The van der Waals surface area contributed by atoms with Gasteiger partial charge in [-0.05, 0) is 62.4 Å². The Morgan fingerprint density at radius 1 is 1.06 bits per heavy atom. The maximum absolute atomic E-state index is 13.8. The molecule has 7 heteroatoms. The van der Waals surface area contributed by atoms with E-state index in [1.54, 1.807) is 17.3 Å². The topological polar surface area (TPSA) is 78.0 Å². The minimum absolute atomic E-state index is 0.0461. The predicted molar refractivity (Wildman–Crippen MR) is 125 cm³/mol. The number of fused-ring (bicyclic) bond motifs is 1. The van der Waals surface area contributed by atoms with Gasteiger partial charge in [-0.2, -0.15) is 0 Å². The highest BCUT2D eigenvalue weighted by molar-refractivity contribution is 6.11. The lowest BCUT2D eigenvalue weighted by Gasteiger charge is -2.35. The fraction of sp³-hybridized carbons (Fsp3) is 0.444. The van der Waals surface area contributed by atoms with Crippen LogP contribution in [0.25, 0.3) is 0 Å². The molecule has 0 bridgehead atoms. The number of aromatic nitrogens is 1. The van der Waals surface area contributed by atoms with Crippen molar-refractivity contribution >= 4 is 11.7 Å². The molecular formula is C27H30N2O5. The van der Waals surface area contributed by atoms with Crippen molar-refractivity contribution < 1.29 is 23.8 Å². The van der Waals surface area contributed by atoms with Crippen LogP contribution < -0.4 is 9.47 Å². The standard InChI is InChI=1S/C27H30N2O5/c1-3-32-21-12-11-18(14-22(21)33-4-2)24-23-25(30)19-9-5-6-10-20(19)34-26(23)27(31)29(24)16-17-8-7-13-28-15-17/h7-8,11-15,19-20,24H,3-6,9-10,16H2,1-2H3. The van der Waals surface area contributed by atoms with Crippen LogP contribution in [0.15, 0.2) is 54.1 Å². The molecule has 0 spiro atoms. The Morgan fingerprint density at radius 2 is 1.85 bits per heavy atom. The van der Waals surface area contributed by atoms with Crippen LogP contribution in [0.3, 0.4) is 0 Å². The van der Waals surface area contributed by atoms with Gasteiger partial charge in [0.1, 0.15) is 6.10 Å². The Morgan fingerprint density at radius 3 is 2.62 bits per heavy atom. The van der Waals surface area contributed by atoms with Crippen molar-refractivity contribution in [3.05, 3.63) is 65.2 Å². The van der Waals surface area contributed by atoms with Crippen LogP contribution in [-0.2, 0) is 20.9 Å². The van der Waals surface area contributed by atoms with E-state index in [2.05, 4.69) is 4.98 Å². The molecule has 2 aromatic rings. The van der Waals surface area contributed by atoms with Gasteiger partial charge in [-0.25, -0.2) is 0 Å². The Hall–Kier alpha value is -3.35. The summed E-state index contributed by atoms with van der Waals surface area (Å²) >= 11 is 0. The number of Topliss-reactive ketones (excluding diaryl/α,β-unsaturated/α-hetero) is 1. The number of hydrogen-bond donors (Lipinski definition) is 0. The first-order valence-electron chi connectivity index (χ1n) is 12.2. The summed E-state index contributed by atoms with van der Waals surface area (Å²) in [7, 11) is 0. The SMILES string of the molecule is CCOc1ccc(C2C3=C(OC4CCCCC4C3=O)C(=O)N2Cc2cccnc2)cc1OCC. The van der Waals surface area contributed by atoms with E-state index < -0.39 is 6.04 Å². The molecule has 0 radical (unpaired) electrons. The molecule has 1 aromatic carbocycles. The molecule has 0 N–H and O–H groups in total. The highest BCUT2D eigenvalue weighted by Gasteiger charge is 2.52. The van der Waals surface area contributed by atoms with Gasteiger partial charge in [0, 0.05) is 18.9 Å². The van der Waals surface area contributed by atoms with E-state index >= 15 is 0 Å².